The normalized spacial score (nSPS) is 23.8. The van der Waals surface area contributed by atoms with Crippen LogP contribution in [-0.4, -0.2) is 83.4 Å². The number of hydrogen-bond acceptors (Lipinski definition) is 11. The van der Waals surface area contributed by atoms with Gasteiger partial charge >= 0.3 is 6.09 Å². The van der Waals surface area contributed by atoms with E-state index in [4.69, 9.17) is 50.0 Å². The van der Waals surface area contributed by atoms with E-state index in [2.05, 4.69) is 38.6 Å². The average molecular weight is 888 g/mol. The summed E-state index contributed by atoms with van der Waals surface area (Å²) in [6.45, 7) is 14.6. The van der Waals surface area contributed by atoms with Gasteiger partial charge in [-0.25, -0.2) is 4.79 Å². The highest BCUT2D eigenvalue weighted by Gasteiger charge is 2.66. The summed E-state index contributed by atoms with van der Waals surface area (Å²) in [5.41, 5.74) is 5.02. The van der Waals surface area contributed by atoms with Gasteiger partial charge in [-0.05, 0) is 137 Å². The molecule has 0 saturated heterocycles. The van der Waals surface area contributed by atoms with E-state index >= 15 is 0 Å². The Kier molecular flexibility index (Phi) is 15.0. The second-order valence-corrected chi connectivity index (χ2v) is 18.3. The number of alkyl halides is 1. The fraction of sp³-hybridized carbons (Fsp3) is 0.520. The number of ether oxygens (including phenoxy) is 6. The van der Waals surface area contributed by atoms with E-state index in [-0.39, 0.29) is 69.8 Å². The summed E-state index contributed by atoms with van der Waals surface area (Å²) in [5, 5.41) is 24.9. The Morgan fingerprint density at radius 1 is 0.952 bits per heavy atom. The molecule has 0 radical (unpaired) electrons. The van der Waals surface area contributed by atoms with E-state index in [1.165, 1.54) is 5.56 Å². The van der Waals surface area contributed by atoms with Gasteiger partial charge < -0.3 is 43.5 Å². The maximum atomic E-state index is 14.7. The fourth-order valence-electron chi connectivity index (χ4n) is 9.56. The highest BCUT2D eigenvalue weighted by Crippen LogP contribution is 2.62. The molecule has 3 aromatic rings. The second kappa shape index (κ2) is 20.4. The monoisotopic (exact) mass is 886 g/mol. The SMILES string of the molecule is C=CCOC12Oc3ccc(Oc4ccc(C)c(C)c4)cc3C3C(CCCCO)C(CCCCO)C=C(C(=NOC(C)(C)C)CC1N(Cc1ccc4c(c1)OCO4)C(=O)OCCCl)C32. The Hall–Kier alpha value is -4.75. The first-order chi connectivity index (χ1) is 30.4. The number of amides is 1. The molecule has 6 unspecified atom stereocenters. The maximum absolute atomic E-state index is 14.7. The average Bonchev–Trinajstić information content (AvgIpc) is 3.74. The predicted molar refractivity (Wildman–Crippen MR) is 242 cm³/mol. The molecule has 2 heterocycles. The summed E-state index contributed by atoms with van der Waals surface area (Å²) in [5.74, 6) is 1.17. The van der Waals surface area contributed by atoms with Gasteiger partial charge in [-0.1, -0.05) is 42.3 Å². The lowest BCUT2D eigenvalue weighted by Gasteiger charge is -2.60. The molecule has 13 heteroatoms. The smallest absolute Gasteiger partial charge is 0.410 e. The predicted octanol–water partition coefficient (Wildman–Crippen LogP) is 10.1. The van der Waals surface area contributed by atoms with Crippen LogP contribution in [0.1, 0.15) is 93.9 Å². The standard InChI is InChI=1S/C50H63ClN2O10/c1-7-23-60-50-45(53(48(56)57-24-20-51)30-34-15-18-43-44(26-34)59-31-58-43)29-41(52-63-49(4,5)6)39-27-35(12-8-10-21-54)38(13-9-11-22-55)46(47(39)50)40-28-37(17-19-42(40)62-50)61-36-16-14-32(2)33(3)25-36/h7,14-19,25-28,35,38,45-47,54-55H,1,8-13,20-24,29-31H2,2-6H3. The zero-order chi connectivity index (χ0) is 44.7. The number of halogens is 1. The minimum atomic E-state index is -1.49. The van der Waals surface area contributed by atoms with Crippen LogP contribution in [0, 0.1) is 31.6 Å². The lowest BCUT2D eigenvalue weighted by Crippen LogP contribution is -2.70. The minimum Gasteiger partial charge on any atom is -0.459 e. The number of aliphatic hydroxyl groups excluding tert-OH is 2. The van der Waals surface area contributed by atoms with Crippen molar-refractivity contribution in [2.75, 3.05) is 39.1 Å². The van der Waals surface area contributed by atoms with Gasteiger partial charge in [0.25, 0.3) is 0 Å². The van der Waals surface area contributed by atoms with Crippen LogP contribution in [-0.2, 0) is 20.9 Å². The number of unbranched alkanes of at least 4 members (excludes halogenated alkanes) is 2. The van der Waals surface area contributed by atoms with Crippen molar-refractivity contribution < 1.29 is 48.3 Å². The van der Waals surface area contributed by atoms with Crippen molar-refractivity contribution in [2.45, 2.75) is 109 Å². The molecule has 4 aliphatic rings. The quantitative estimate of drug-likeness (QED) is 0.0518. The molecule has 0 bridgehead atoms. The first-order valence-electron chi connectivity index (χ1n) is 22.3. The van der Waals surface area contributed by atoms with Crippen molar-refractivity contribution in [2.24, 2.45) is 22.9 Å². The first-order valence-corrected chi connectivity index (χ1v) is 22.8. The highest BCUT2D eigenvalue weighted by atomic mass is 35.5. The Morgan fingerprint density at radius 3 is 2.41 bits per heavy atom. The lowest BCUT2D eigenvalue weighted by molar-refractivity contribution is -0.256. The zero-order valence-corrected chi connectivity index (χ0v) is 38.0. The molecule has 1 amide bonds. The van der Waals surface area contributed by atoms with Crippen molar-refractivity contribution in [1.29, 1.82) is 0 Å². The van der Waals surface area contributed by atoms with Crippen molar-refractivity contribution in [3.05, 3.63) is 101 Å². The van der Waals surface area contributed by atoms with Crippen LogP contribution in [0.3, 0.4) is 0 Å². The number of benzene rings is 3. The Morgan fingerprint density at radius 2 is 1.68 bits per heavy atom. The van der Waals surface area contributed by atoms with Crippen LogP contribution in [0.15, 0.2) is 84.1 Å². The zero-order valence-electron chi connectivity index (χ0n) is 37.3. The van der Waals surface area contributed by atoms with Crippen LogP contribution in [0.25, 0.3) is 0 Å². The maximum Gasteiger partial charge on any atom is 0.410 e. The number of hydrogen-bond donors (Lipinski definition) is 2. The van der Waals surface area contributed by atoms with Crippen LogP contribution in [0.5, 0.6) is 28.7 Å². The summed E-state index contributed by atoms with van der Waals surface area (Å²) in [4.78, 5) is 22.6. The molecule has 2 N–H and O–H groups in total. The number of allylic oxidation sites excluding steroid dienone is 1. The lowest BCUT2D eigenvalue weighted by atomic mass is 9.55. The van der Waals surface area contributed by atoms with Crippen LogP contribution in [0.4, 0.5) is 4.79 Å². The van der Waals surface area contributed by atoms with Crippen molar-refractivity contribution in [1.82, 2.24) is 4.90 Å². The van der Waals surface area contributed by atoms with E-state index in [1.54, 1.807) is 11.0 Å². The van der Waals surface area contributed by atoms with E-state index in [9.17, 15) is 15.0 Å². The van der Waals surface area contributed by atoms with E-state index in [1.807, 2.05) is 63.2 Å². The molecule has 12 nitrogen and oxygen atoms in total. The van der Waals surface area contributed by atoms with Crippen molar-refractivity contribution >= 4 is 23.4 Å². The van der Waals surface area contributed by atoms with Crippen LogP contribution in [0.2, 0.25) is 0 Å². The molecule has 2 aliphatic heterocycles. The third kappa shape index (κ3) is 10.3. The number of fused-ring (bicyclic) bond motifs is 3. The van der Waals surface area contributed by atoms with E-state index in [0.717, 1.165) is 53.7 Å². The number of nitrogens with zero attached hydrogens (tertiary/aromatic N) is 2. The summed E-state index contributed by atoms with van der Waals surface area (Å²) >= 11 is 6.13. The third-order valence-corrected chi connectivity index (χ3v) is 12.6. The highest BCUT2D eigenvalue weighted by molar-refractivity contribution is 6.18. The van der Waals surface area contributed by atoms with Gasteiger partial charge in [0.05, 0.1) is 24.1 Å². The summed E-state index contributed by atoms with van der Waals surface area (Å²) < 4.78 is 38.4. The molecule has 7 rings (SSSR count). The molecule has 1 saturated carbocycles. The third-order valence-electron chi connectivity index (χ3n) is 12.5. The molecule has 340 valence electrons. The minimum absolute atomic E-state index is 0.00796. The molecular formula is C50H63ClN2O10. The van der Waals surface area contributed by atoms with Crippen molar-refractivity contribution in [3.63, 3.8) is 0 Å². The molecule has 1 fully saturated rings. The van der Waals surface area contributed by atoms with Crippen molar-refractivity contribution in [3.8, 4) is 28.7 Å². The largest absolute Gasteiger partial charge is 0.459 e. The summed E-state index contributed by atoms with van der Waals surface area (Å²) in [7, 11) is 0. The molecule has 2 aliphatic carbocycles. The first kappa shape index (κ1) is 46.2. The Balaban J connectivity index is 1.46. The van der Waals surface area contributed by atoms with Gasteiger partial charge in [-0.3, -0.25) is 4.90 Å². The topological polar surface area (TPSA) is 138 Å². The number of rotatable bonds is 19. The Labute approximate surface area is 376 Å². The molecular weight excluding hydrogens is 824 g/mol. The number of carbonyl (C=O) groups is 1. The van der Waals surface area contributed by atoms with Gasteiger partial charge in [0, 0.05) is 37.7 Å². The van der Waals surface area contributed by atoms with Gasteiger partial charge in [-0.2, -0.15) is 0 Å². The second-order valence-electron chi connectivity index (χ2n) is 17.9. The summed E-state index contributed by atoms with van der Waals surface area (Å²) in [6, 6.07) is 16.8. The molecule has 6 atom stereocenters. The number of oxime groups is 1. The van der Waals surface area contributed by atoms with Gasteiger partial charge in [0.2, 0.25) is 12.6 Å². The number of aliphatic hydroxyl groups is 2. The van der Waals surface area contributed by atoms with Gasteiger partial charge in [-0.15, -0.1) is 18.2 Å². The van der Waals surface area contributed by atoms with E-state index in [0.29, 0.717) is 41.6 Å². The van der Waals surface area contributed by atoms with Gasteiger partial charge in [0.1, 0.15) is 35.5 Å². The number of aryl methyl sites for hydroxylation is 2. The summed E-state index contributed by atoms with van der Waals surface area (Å²) in [6.07, 6.45) is 8.18. The molecule has 3 aromatic carbocycles. The van der Waals surface area contributed by atoms with Crippen LogP contribution >= 0.6 is 11.6 Å². The molecule has 63 heavy (non-hydrogen) atoms. The fourth-order valence-corrected chi connectivity index (χ4v) is 9.64. The van der Waals surface area contributed by atoms with Crippen LogP contribution < -0.4 is 18.9 Å². The number of carbonyl (C=O) groups excluding carboxylic acids is 1. The Bertz CT molecular complexity index is 2150. The molecule has 0 spiro atoms. The molecule has 0 aromatic heterocycles. The van der Waals surface area contributed by atoms with E-state index < -0.39 is 29.4 Å². The van der Waals surface area contributed by atoms with Gasteiger partial charge in [0.15, 0.2) is 11.5 Å².